The summed E-state index contributed by atoms with van der Waals surface area (Å²) in [7, 11) is 1.44. The number of methoxy groups -OCH3 is 1. The zero-order valence-corrected chi connectivity index (χ0v) is 18.1. The van der Waals surface area contributed by atoms with E-state index in [-0.39, 0.29) is 11.4 Å². The standard InChI is InChI=1S/C26H36O2/c1-17-12-14-25(3)19(16-17)7-8-20-22-10-9-21(18(2)6-11-24(27)28-5)26(22,4)15-13-23(20)25/h6-7,9,11,18,20,22-23H,1,8,10,12-16H2,2-5H3/b11-6+/t18-,20+,22+,23+,25+,26-/m1/s1. The molecular weight excluding hydrogens is 344 g/mol. The lowest BCUT2D eigenvalue weighted by molar-refractivity contribution is -0.134. The second-order valence-electron chi connectivity index (χ2n) is 10.2. The summed E-state index contributed by atoms with van der Waals surface area (Å²) in [5.74, 6) is 2.41. The molecule has 4 aliphatic rings. The lowest BCUT2D eigenvalue weighted by Crippen LogP contribution is -2.49. The highest BCUT2D eigenvalue weighted by Gasteiger charge is 2.56. The van der Waals surface area contributed by atoms with E-state index in [1.54, 1.807) is 17.2 Å². The van der Waals surface area contributed by atoms with Crippen molar-refractivity contribution in [3.05, 3.63) is 47.6 Å². The van der Waals surface area contributed by atoms with Crippen molar-refractivity contribution in [1.29, 1.82) is 0 Å². The second kappa shape index (κ2) is 7.04. The van der Waals surface area contributed by atoms with Crippen molar-refractivity contribution in [2.24, 2.45) is 34.5 Å². The van der Waals surface area contributed by atoms with Crippen molar-refractivity contribution in [3.8, 4) is 0 Å². The van der Waals surface area contributed by atoms with Gasteiger partial charge in [-0.05, 0) is 79.4 Å². The molecule has 2 saturated carbocycles. The Morgan fingerprint density at radius 2 is 2.00 bits per heavy atom. The van der Waals surface area contributed by atoms with Gasteiger partial charge in [0.2, 0.25) is 0 Å². The molecule has 0 aromatic rings. The molecule has 0 aromatic carbocycles. The van der Waals surface area contributed by atoms with Crippen LogP contribution in [0.3, 0.4) is 0 Å². The molecule has 0 heterocycles. The molecule has 0 saturated heterocycles. The first-order valence-corrected chi connectivity index (χ1v) is 11.1. The molecule has 2 heteroatoms. The molecular formula is C26H36O2. The van der Waals surface area contributed by atoms with Crippen LogP contribution in [-0.2, 0) is 9.53 Å². The number of allylic oxidation sites excluding steroid dienone is 6. The van der Waals surface area contributed by atoms with Gasteiger partial charge in [-0.1, -0.05) is 62.3 Å². The average Bonchev–Trinajstić information content (AvgIpc) is 3.03. The lowest BCUT2D eigenvalue weighted by atomic mass is 9.47. The monoisotopic (exact) mass is 380 g/mol. The van der Waals surface area contributed by atoms with Crippen molar-refractivity contribution in [2.45, 2.75) is 65.7 Å². The predicted octanol–water partition coefficient (Wildman–Crippen LogP) is 6.41. The molecule has 2 nitrogen and oxygen atoms in total. The van der Waals surface area contributed by atoms with Crippen LogP contribution in [0.2, 0.25) is 0 Å². The van der Waals surface area contributed by atoms with E-state index in [1.807, 2.05) is 6.08 Å². The smallest absolute Gasteiger partial charge is 0.330 e. The van der Waals surface area contributed by atoms with Crippen LogP contribution in [-0.4, -0.2) is 13.1 Å². The number of fused-ring (bicyclic) bond motifs is 5. The topological polar surface area (TPSA) is 26.3 Å². The summed E-state index contributed by atoms with van der Waals surface area (Å²) in [4.78, 5) is 11.5. The van der Waals surface area contributed by atoms with Gasteiger partial charge in [-0.2, -0.15) is 0 Å². The molecule has 0 aromatic heterocycles. The van der Waals surface area contributed by atoms with Crippen molar-refractivity contribution >= 4 is 5.97 Å². The Hall–Kier alpha value is -1.57. The summed E-state index contributed by atoms with van der Waals surface area (Å²) < 4.78 is 4.78. The van der Waals surface area contributed by atoms with Gasteiger partial charge in [0.05, 0.1) is 7.11 Å². The Kier molecular flexibility index (Phi) is 4.96. The largest absolute Gasteiger partial charge is 0.466 e. The SMILES string of the molecule is C=C1CC[C@@]2(C)C(=CC[C@@H]3[C@@H]2CC[C@]2(C)C([C@H](C)/C=C/C(=O)OC)=CC[C@@H]32)C1. The predicted molar refractivity (Wildman–Crippen MR) is 115 cm³/mol. The number of carbonyl (C=O) groups is 1. The summed E-state index contributed by atoms with van der Waals surface area (Å²) in [6.45, 7) is 11.6. The molecule has 152 valence electrons. The number of rotatable bonds is 3. The minimum absolute atomic E-state index is 0.257. The van der Waals surface area contributed by atoms with Gasteiger partial charge in [-0.25, -0.2) is 4.79 Å². The van der Waals surface area contributed by atoms with Crippen LogP contribution >= 0.6 is 0 Å². The normalized spacial score (nSPS) is 40.9. The highest BCUT2D eigenvalue weighted by Crippen LogP contribution is 2.65. The van der Waals surface area contributed by atoms with Crippen molar-refractivity contribution < 1.29 is 9.53 Å². The molecule has 4 aliphatic carbocycles. The Balaban J connectivity index is 1.57. The van der Waals surface area contributed by atoms with Gasteiger partial charge >= 0.3 is 5.97 Å². The molecule has 0 bridgehead atoms. The van der Waals surface area contributed by atoms with E-state index in [2.05, 4.69) is 39.5 Å². The minimum Gasteiger partial charge on any atom is -0.466 e. The van der Waals surface area contributed by atoms with Crippen LogP contribution in [0, 0.1) is 34.5 Å². The van der Waals surface area contributed by atoms with E-state index in [9.17, 15) is 4.79 Å². The maximum atomic E-state index is 11.5. The third-order valence-electron chi connectivity index (χ3n) is 8.92. The molecule has 0 radical (unpaired) electrons. The van der Waals surface area contributed by atoms with Crippen LogP contribution in [0.25, 0.3) is 0 Å². The molecule has 0 N–H and O–H groups in total. The first kappa shape index (κ1) is 19.7. The van der Waals surface area contributed by atoms with E-state index in [1.165, 1.54) is 51.2 Å². The fourth-order valence-corrected chi connectivity index (χ4v) is 7.27. The van der Waals surface area contributed by atoms with Crippen molar-refractivity contribution in [1.82, 2.24) is 0 Å². The maximum absolute atomic E-state index is 11.5. The van der Waals surface area contributed by atoms with Gasteiger partial charge in [0.15, 0.2) is 0 Å². The fourth-order valence-electron chi connectivity index (χ4n) is 7.27. The molecule has 2 fully saturated rings. The van der Waals surface area contributed by atoms with Gasteiger partial charge in [0.1, 0.15) is 0 Å². The van der Waals surface area contributed by atoms with Crippen LogP contribution < -0.4 is 0 Å². The summed E-state index contributed by atoms with van der Waals surface area (Å²) in [6, 6.07) is 0. The first-order chi connectivity index (χ1) is 13.3. The molecule has 0 aliphatic heterocycles. The number of esters is 1. The second-order valence-corrected chi connectivity index (χ2v) is 10.2. The summed E-state index contributed by atoms with van der Waals surface area (Å²) >= 11 is 0. The van der Waals surface area contributed by atoms with Gasteiger partial charge in [-0.3, -0.25) is 0 Å². The van der Waals surface area contributed by atoms with Crippen LogP contribution in [0.4, 0.5) is 0 Å². The third-order valence-corrected chi connectivity index (χ3v) is 8.92. The van der Waals surface area contributed by atoms with E-state index >= 15 is 0 Å². The maximum Gasteiger partial charge on any atom is 0.330 e. The van der Waals surface area contributed by atoms with Gasteiger partial charge in [0.25, 0.3) is 0 Å². The highest BCUT2D eigenvalue weighted by molar-refractivity contribution is 5.81. The van der Waals surface area contributed by atoms with E-state index in [0.29, 0.717) is 11.3 Å². The zero-order valence-electron chi connectivity index (χ0n) is 18.1. The molecule has 28 heavy (non-hydrogen) atoms. The lowest BCUT2D eigenvalue weighted by Gasteiger charge is -2.57. The molecule has 4 rings (SSSR count). The van der Waals surface area contributed by atoms with Crippen LogP contribution in [0.1, 0.15) is 65.7 Å². The van der Waals surface area contributed by atoms with Gasteiger partial charge in [0, 0.05) is 6.08 Å². The number of hydrogen-bond donors (Lipinski definition) is 0. The highest BCUT2D eigenvalue weighted by atomic mass is 16.5. The quantitative estimate of drug-likeness (QED) is 0.321. The number of carbonyl (C=O) groups excluding carboxylic acids is 1. The fraction of sp³-hybridized carbons (Fsp3) is 0.654. The number of ether oxygens (including phenoxy) is 1. The molecule has 0 amide bonds. The number of hydrogen-bond acceptors (Lipinski definition) is 2. The van der Waals surface area contributed by atoms with Crippen LogP contribution in [0.5, 0.6) is 0 Å². The Morgan fingerprint density at radius 3 is 2.75 bits per heavy atom. The Morgan fingerprint density at radius 1 is 1.21 bits per heavy atom. The minimum atomic E-state index is -0.257. The first-order valence-electron chi connectivity index (χ1n) is 11.1. The molecule has 0 unspecified atom stereocenters. The zero-order chi connectivity index (χ0) is 20.1. The summed E-state index contributed by atoms with van der Waals surface area (Å²) in [5, 5.41) is 0. The molecule has 0 spiro atoms. The Bertz CT molecular complexity index is 769. The average molecular weight is 381 g/mol. The van der Waals surface area contributed by atoms with E-state index in [0.717, 1.165) is 24.2 Å². The van der Waals surface area contributed by atoms with E-state index in [4.69, 9.17) is 4.74 Å². The van der Waals surface area contributed by atoms with Gasteiger partial charge < -0.3 is 4.74 Å². The van der Waals surface area contributed by atoms with Crippen LogP contribution in [0.15, 0.2) is 47.6 Å². The van der Waals surface area contributed by atoms with E-state index < -0.39 is 0 Å². The summed E-state index contributed by atoms with van der Waals surface area (Å²) in [5.41, 5.74) is 5.34. The van der Waals surface area contributed by atoms with Crippen molar-refractivity contribution in [2.75, 3.05) is 7.11 Å². The molecule has 6 atom stereocenters. The summed E-state index contributed by atoms with van der Waals surface area (Å²) in [6.07, 6.45) is 17.4. The van der Waals surface area contributed by atoms with Gasteiger partial charge in [-0.15, -0.1) is 0 Å². The Labute approximate surface area is 170 Å². The van der Waals surface area contributed by atoms with Crippen molar-refractivity contribution in [3.63, 3.8) is 0 Å². The third kappa shape index (κ3) is 2.95.